The van der Waals surface area contributed by atoms with Gasteiger partial charge in [-0.25, -0.2) is 0 Å². The number of rotatable bonds is 6. The van der Waals surface area contributed by atoms with E-state index in [4.69, 9.17) is 0 Å². The van der Waals surface area contributed by atoms with E-state index in [0.29, 0.717) is 25.7 Å². The van der Waals surface area contributed by atoms with Gasteiger partial charge in [-0.2, -0.15) is 0 Å². The first-order chi connectivity index (χ1) is 17.0. The van der Waals surface area contributed by atoms with Crippen molar-refractivity contribution in [3.8, 4) is 0 Å². The second-order valence-corrected chi connectivity index (χ2v) is 10.2. The zero-order valence-corrected chi connectivity index (χ0v) is 20.6. The number of fused-ring (bicyclic) bond motifs is 2. The first kappa shape index (κ1) is 23.8. The Labute approximate surface area is 207 Å². The predicted octanol–water partition coefficient (Wildman–Crippen LogP) is 2.53. The number of benzene rings is 2. The molecule has 2 amide bonds. The molecule has 0 spiro atoms. The number of amides is 2. The monoisotopic (exact) mass is 476 g/mol. The lowest BCUT2D eigenvalue weighted by atomic mass is 9.97. The number of anilines is 1. The molecule has 0 aliphatic carbocycles. The normalized spacial score (nSPS) is 19.8. The van der Waals surface area contributed by atoms with Crippen LogP contribution >= 0.6 is 0 Å². The Hall–Kier alpha value is -2.90. The fourth-order valence-corrected chi connectivity index (χ4v) is 5.68. The van der Waals surface area contributed by atoms with Crippen molar-refractivity contribution in [2.24, 2.45) is 0 Å². The predicted molar refractivity (Wildman–Crippen MR) is 136 cm³/mol. The Morgan fingerprint density at radius 2 is 1.74 bits per heavy atom. The van der Waals surface area contributed by atoms with E-state index < -0.39 is 6.10 Å². The number of carbonyl (C=O) groups excluding carboxylic acids is 2. The molecule has 0 saturated carbocycles. The summed E-state index contributed by atoms with van der Waals surface area (Å²) >= 11 is 0. The summed E-state index contributed by atoms with van der Waals surface area (Å²) in [6.45, 7) is 6.52. The van der Waals surface area contributed by atoms with E-state index in [1.54, 1.807) is 11.8 Å². The highest BCUT2D eigenvalue weighted by Gasteiger charge is 2.28. The highest BCUT2D eigenvalue weighted by Crippen LogP contribution is 2.25. The molecule has 2 aromatic rings. The molecule has 0 unspecified atom stereocenters. The molecule has 0 bridgehead atoms. The third kappa shape index (κ3) is 5.52. The standard InChI is InChI=1S/C28H36N4O3/c1-20(33)31-14-10-24(11-15-31)29-25-7-6-22-9-13-32(28(35)27(22)16-25)19-26(34)18-30-12-8-21-4-2-3-5-23(21)17-30/h2-7,16,24,26,29,34H,8-15,17-19H2,1H3/t26-/m1/s1. The molecule has 0 radical (unpaired) electrons. The van der Waals surface area contributed by atoms with Gasteiger partial charge in [-0.3, -0.25) is 14.5 Å². The number of nitrogens with one attached hydrogen (secondary N) is 1. The van der Waals surface area contributed by atoms with E-state index in [0.717, 1.165) is 68.7 Å². The van der Waals surface area contributed by atoms with Gasteiger partial charge < -0.3 is 20.2 Å². The van der Waals surface area contributed by atoms with Gasteiger partial charge >= 0.3 is 0 Å². The number of hydrogen-bond donors (Lipinski definition) is 2. The largest absolute Gasteiger partial charge is 0.390 e. The molecule has 1 saturated heterocycles. The lowest BCUT2D eigenvalue weighted by Gasteiger charge is -2.34. The maximum Gasteiger partial charge on any atom is 0.254 e. The van der Waals surface area contributed by atoms with E-state index in [9.17, 15) is 14.7 Å². The third-order valence-corrected chi connectivity index (χ3v) is 7.70. The highest BCUT2D eigenvalue weighted by molar-refractivity contribution is 5.97. The topological polar surface area (TPSA) is 76.1 Å². The zero-order chi connectivity index (χ0) is 24.4. The Balaban J connectivity index is 1.17. The first-order valence-corrected chi connectivity index (χ1v) is 12.9. The molecule has 7 nitrogen and oxygen atoms in total. The van der Waals surface area contributed by atoms with Gasteiger partial charge in [-0.05, 0) is 54.5 Å². The molecule has 5 rings (SSSR count). The fourth-order valence-electron chi connectivity index (χ4n) is 5.68. The van der Waals surface area contributed by atoms with E-state index in [1.807, 2.05) is 11.0 Å². The lowest BCUT2D eigenvalue weighted by Crippen LogP contribution is -2.46. The Kier molecular flexibility index (Phi) is 7.07. The molecule has 2 N–H and O–H groups in total. The van der Waals surface area contributed by atoms with Crippen LogP contribution in [0, 0.1) is 0 Å². The second-order valence-electron chi connectivity index (χ2n) is 10.2. The Morgan fingerprint density at radius 3 is 2.51 bits per heavy atom. The van der Waals surface area contributed by atoms with Gasteiger partial charge in [-0.15, -0.1) is 0 Å². The maximum absolute atomic E-state index is 13.3. The van der Waals surface area contributed by atoms with Gasteiger partial charge in [0, 0.05) is 70.0 Å². The molecule has 7 heteroatoms. The maximum atomic E-state index is 13.3. The number of hydrogen-bond acceptors (Lipinski definition) is 5. The van der Waals surface area contributed by atoms with Gasteiger partial charge in [0.15, 0.2) is 0 Å². The van der Waals surface area contributed by atoms with E-state index in [-0.39, 0.29) is 11.8 Å². The van der Waals surface area contributed by atoms with Gasteiger partial charge in [0.2, 0.25) is 5.91 Å². The molecule has 3 aliphatic rings. The summed E-state index contributed by atoms with van der Waals surface area (Å²) in [4.78, 5) is 30.9. The first-order valence-electron chi connectivity index (χ1n) is 12.9. The van der Waals surface area contributed by atoms with Crippen LogP contribution in [-0.4, -0.2) is 83.0 Å². The molecule has 1 fully saturated rings. The summed E-state index contributed by atoms with van der Waals surface area (Å²) in [5.74, 6) is 0.138. The molecule has 3 aliphatic heterocycles. The SMILES string of the molecule is CC(=O)N1CCC(Nc2ccc3c(c2)C(=O)N(C[C@H](O)CN2CCc4ccccc4C2)CC3)CC1. The molecule has 2 aromatic carbocycles. The zero-order valence-electron chi connectivity index (χ0n) is 20.6. The molecular formula is C28H36N4O3. The average molecular weight is 477 g/mol. The van der Waals surface area contributed by atoms with E-state index in [1.165, 1.54) is 11.1 Å². The summed E-state index contributed by atoms with van der Waals surface area (Å²) < 4.78 is 0. The van der Waals surface area contributed by atoms with Crippen LogP contribution in [-0.2, 0) is 24.2 Å². The van der Waals surface area contributed by atoms with Crippen LogP contribution < -0.4 is 5.32 Å². The molecular weight excluding hydrogens is 440 g/mol. The summed E-state index contributed by atoms with van der Waals surface area (Å²) in [6.07, 6.45) is 3.05. The Bertz CT molecular complexity index is 1080. The summed E-state index contributed by atoms with van der Waals surface area (Å²) in [5.41, 5.74) is 5.50. The number of nitrogens with zero attached hydrogens (tertiary/aromatic N) is 3. The quantitative estimate of drug-likeness (QED) is 0.670. The second kappa shape index (κ2) is 10.4. The van der Waals surface area contributed by atoms with Crippen molar-refractivity contribution in [1.82, 2.24) is 14.7 Å². The minimum Gasteiger partial charge on any atom is -0.390 e. The van der Waals surface area contributed by atoms with Gasteiger partial charge in [0.25, 0.3) is 5.91 Å². The van der Waals surface area contributed by atoms with Gasteiger partial charge in [0.1, 0.15) is 0 Å². The third-order valence-electron chi connectivity index (χ3n) is 7.70. The van der Waals surface area contributed by atoms with Crippen molar-refractivity contribution in [3.05, 3.63) is 64.7 Å². The summed E-state index contributed by atoms with van der Waals surface area (Å²) in [7, 11) is 0. The van der Waals surface area contributed by atoms with Crippen LogP contribution in [0.2, 0.25) is 0 Å². The van der Waals surface area contributed by atoms with E-state index in [2.05, 4.69) is 46.6 Å². The van der Waals surface area contributed by atoms with Crippen LogP contribution in [0.4, 0.5) is 5.69 Å². The average Bonchev–Trinajstić information content (AvgIpc) is 2.86. The van der Waals surface area contributed by atoms with Crippen molar-refractivity contribution in [2.75, 3.05) is 44.6 Å². The van der Waals surface area contributed by atoms with E-state index >= 15 is 0 Å². The van der Waals surface area contributed by atoms with Crippen molar-refractivity contribution in [3.63, 3.8) is 0 Å². The van der Waals surface area contributed by atoms with Crippen molar-refractivity contribution in [1.29, 1.82) is 0 Å². The number of aliphatic hydroxyl groups is 1. The molecule has 35 heavy (non-hydrogen) atoms. The van der Waals surface area contributed by atoms with Crippen molar-refractivity contribution in [2.45, 2.75) is 51.3 Å². The number of piperidine rings is 1. The Morgan fingerprint density at radius 1 is 1.00 bits per heavy atom. The minimum atomic E-state index is -0.571. The van der Waals surface area contributed by atoms with Crippen LogP contribution in [0.25, 0.3) is 0 Å². The van der Waals surface area contributed by atoms with Crippen molar-refractivity contribution >= 4 is 17.5 Å². The number of likely N-dealkylation sites (tertiary alicyclic amines) is 1. The van der Waals surface area contributed by atoms with Crippen LogP contribution in [0.5, 0.6) is 0 Å². The van der Waals surface area contributed by atoms with Crippen molar-refractivity contribution < 1.29 is 14.7 Å². The van der Waals surface area contributed by atoms with Crippen LogP contribution in [0.1, 0.15) is 46.8 Å². The lowest BCUT2D eigenvalue weighted by molar-refractivity contribution is -0.129. The summed E-state index contributed by atoms with van der Waals surface area (Å²) in [5, 5.41) is 14.4. The van der Waals surface area contributed by atoms with Crippen LogP contribution in [0.3, 0.4) is 0 Å². The fraction of sp³-hybridized carbons (Fsp3) is 0.500. The smallest absolute Gasteiger partial charge is 0.254 e. The molecule has 186 valence electrons. The highest BCUT2D eigenvalue weighted by atomic mass is 16.3. The number of carbonyl (C=O) groups is 2. The minimum absolute atomic E-state index is 0.00402. The number of β-amino-alcohol motifs (C(OH)–C–C–N with tert-alkyl or cyclic N) is 1. The number of aliphatic hydroxyl groups excluding tert-OH is 1. The summed E-state index contributed by atoms with van der Waals surface area (Å²) in [6, 6.07) is 14.9. The van der Waals surface area contributed by atoms with Gasteiger partial charge in [-0.1, -0.05) is 30.3 Å². The van der Waals surface area contributed by atoms with Crippen LogP contribution in [0.15, 0.2) is 42.5 Å². The molecule has 3 heterocycles. The molecule has 1 atom stereocenters. The van der Waals surface area contributed by atoms with Gasteiger partial charge in [0.05, 0.1) is 6.10 Å². The molecule has 0 aromatic heterocycles.